The molecule has 4 heteroatoms. The van der Waals surface area contributed by atoms with Crippen LogP contribution in [0.3, 0.4) is 0 Å². The van der Waals surface area contributed by atoms with Crippen LogP contribution in [0, 0.1) is 5.92 Å². The zero-order valence-corrected chi connectivity index (χ0v) is 11.1. The van der Waals surface area contributed by atoms with Crippen molar-refractivity contribution >= 4 is 24.0 Å². The van der Waals surface area contributed by atoms with Gasteiger partial charge in [-0.15, -0.1) is 12.4 Å². The Morgan fingerprint density at radius 2 is 2.18 bits per heavy atom. The summed E-state index contributed by atoms with van der Waals surface area (Å²) in [6.07, 6.45) is 0.980. The van der Waals surface area contributed by atoms with Crippen LogP contribution in [0.25, 0.3) is 0 Å². The summed E-state index contributed by atoms with van der Waals surface area (Å²) in [6, 6.07) is 8.16. The Morgan fingerprint density at radius 3 is 2.88 bits per heavy atom. The predicted molar refractivity (Wildman–Crippen MR) is 72.8 cm³/mol. The van der Waals surface area contributed by atoms with Gasteiger partial charge < -0.3 is 10.2 Å². The molecule has 1 atom stereocenters. The molecule has 1 aliphatic heterocycles. The van der Waals surface area contributed by atoms with E-state index in [1.54, 1.807) is 0 Å². The maximum Gasteiger partial charge on any atom is 0.231 e. The van der Waals surface area contributed by atoms with E-state index in [4.69, 9.17) is 0 Å². The monoisotopic (exact) mass is 254 g/mol. The number of carbonyl (C=O) groups is 1. The van der Waals surface area contributed by atoms with Crippen LogP contribution in [0.15, 0.2) is 24.3 Å². The van der Waals surface area contributed by atoms with E-state index in [2.05, 4.69) is 11.4 Å². The van der Waals surface area contributed by atoms with E-state index in [9.17, 15) is 4.79 Å². The van der Waals surface area contributed by atoms with E-state index >= 15 is 0 Å². The first-order chi connectivity index (χ1) is 7.74. The molecule has 3 nitrogen and oxygen atoms in total. The van der Waals surface area contributed by atoms with Gasteiger partial charge in [0.1, 0.15) is 0 Å². The van der Waals surface area contributed by atoms with Crippen LogP contribution < -0.4 is 10.2 Å². The molecule has 1 aliphatic rings. The Balaban J connectivity index is 0.00000144. The number of carbonyl (C=O) groups excluding carboxylic acids is 1. The van der Waals surface area contributed by atoms with Crippen LogP contribution in [0.2, 0.25) is 0 Å². The molecule has 1 heterocycles. The molecule has 1 aromatic carbocycles. The summed E-state index contributed by atoms with van der Waals surface area (Å²) in [7, 11) is 1.88. The third-order valence-corrected chi connectivity index (χ3v) is 3.09. The van der Waals surface area contributed by atoms with Gasteiger partial charge in [-0.1, -0.05) is 25.1 Å². The number of anilines is 1. The number of nitrogens with one attached hydrogen (secondary N) is 1. The lowest BCUT2D eigenvalue weighted by molar-refractivity contribution is -0.121. The van der Waals surface area contributed by atoms with Crippen molar-refractivity contribution in [2.24, 2.45) is 5.92 Å². The molecule has 0 bridgehead atoms. The fraction of sp³-hybridized carbons (Fsp3) is 0.462. The van der Waals surface area contributed by atoms with Gasteiger partial charge in [0, 0.05) is 24.7 Å². The second-order valence-electron chi connectivity index (χ2n) is 4.33. The average Bonchev–Trinajstić information content (AvgIpc) is 2.72. The minimum Gasteiger partial charge on any atom is -0.319 e. The maximum absolute atomic E-state index is 12.2. The highest BCUT2D eigenvalue weighted by molar-refractivity contribution is 5.96. The van der Waals surface area contributed by atoms with Gasteiger partial charge in [0.25, 0.3) is 0 Å². The van der Waals surface area contributed by atoms with E-state index in [0.717, 1.165) is 25.2 Å². The van der Waals surface area contributed by atoms with Gasteiger partial charge >= 0.3 is 0 Å². The second-order valence-corrected chi connectivity index (χ2v) is 4.33. The van der Waals surface area contributed by atoms with Crippen molar-refractivity contribution in [3.8, 4) is 0 Å². The lowest BCUT2D eigenvalue weighted by Crippen LogP contribution is -2.37. The summed E-state index contributed by atoms with van der Waals surface area (Å²) in [4.78, 5) is 14.1. The van der Waals surface area contributed by atoms with Gasteiger partial charge in [-0.05, 0) is 25.1 Å². The van der Waals surface area contributed by atoms with Gasteiger partial charge in [-0.3, -0.25) is 4.79 Å². The molecule has 0 saturated heterocycles. The standard InChI is InChI=1S/C13H18N2O.ClH/c1-10(9-14-2)13(16)15-8-7-11-5-3-4-6-12(11)15;/h3-6,10,14H,7-9H2,1-2H3;1H. The van der Waals surface area contributed by atoms with Crippen molar-refractivity contribution in [2.45, 2.75) is 13.3 Å². The predicted octanol–water partition coefficient (Wildman–Crippen LogP) is 1.85. The van der Waals surface area contributed by atoms with Crippen LogP contribution in [-0.4, -0.2) is 26.0 Å². The van der Waals surface area contributed by atoms with E-state index in [-0.39, 0.29) is 24.2 Å². The molecule has 1 unspecified atom stereocenters. The zero-order valence-electron chi connectivity index (χ0n) is 10.3. The Bertz CT molecular complexity index is 395. The van der Waals surface area contributed by atoms with Gasteiger partial charge in [0.05, 0.1) is 0 Å². The fourth-order valence-corrected chi connectivity index (χ4v) is 2.23. The molecule has 1 N–H and O–H groups in total. The molecular formula is C13H19ClN2O. The summed E-state index contributed by atoms with van der Waals surface area (Å²) >= 11 is 0. The largest absolute Gasteiger partial charge is 0.319 e. The maximum atomic E-state index is 12.2. The highest BCUT2D eigenvalue weighted by Gasteiger charge is 2.26. The number of nitrogens with zero attached hydrogens (tertiary/aromatic N) is 1. The molecule has 0 radical (unpaired) electrons. The number of para-hydroxylation sites is 1. The van der Waals surface area contributed by atoms with Crippen molar-refractivity contribution in [3.05, 3.63) is 29.8 Å². The summed E-state index contributed by atoms with van der Waals surface area (Å²) in [6.45, 7) is 3.53. The number of rotatable bonds is 3. The molecule has 1 aromatic rings. The van der Waals surface area contributed by atoms with Gasteiger partial charge in [-0.25, -0.2) is 0 Å². The van der Waals surface area contributed by atoms with Crippen LogP contribution in [0.4, 0.5) is 5.69 Å². The molecule has 0 aliphatic carbocycles. The lowest BCUT2D eigenvalue weighted by atomic mass is 10.1. The first kappa shape index (κ1) is 14.0. The van der Waals surface area contributed by atoms with Crippen molar-refractivity contribution in [1.82, 2.24) is 5.32 Å². The average molecular weight is 255 g/mol. The van der Waals surface area contributed by atoms with Crippen molar-refractivity contribution < 1.29 is 4.79 Å². The van der Waals surface area contributed by atoms with Gasteiger partial charge in [0.2, 0.25) is 5.91 Å². The second kappa shape index (κ2) is 6.03. The number of amides is 1. The summed E-state index contributed by atoms with van der Waals surface area (Å²) in [5.74, 6) is 0.260. The molecule has 0 saturated carbocycles. The van der Waals surface area contributed by atoms with Crippen LogP contribution in [0.5, 0.6) is 0 Å². The Labute approximate surface area is 109 Å². The minimum absolute atomic E-state index is 0. The van der Waals surface area contributed by atoms with Crippen LogP contribution >= 0.6 is 12.4 Å². The Morgan fingerprint density at radius 1 is 1.47 bits per heavy atom. The fourth-order valence-electron chi connectivity index (χ4n) is 2.23. The number of hydrogen-bond donors (Lipinski definition) is 1. The number of fused-ring (bicyclic) bond motifs is 1. The first-order valence-electron chi connectivity index (χ1n) is 5.78. The minimum atomic E-state index is 0. The summed E-state index contributed by atoms with van der Waals surface area (Å²) < 4.78 is 0. The molecule has 0 spiro atoms. The summed E-state index contributed by atoms with van der Waals surface area (Å²) in [5.41, 5.74) is 2.38. The normalized spacial score (nSPS) is 15.1. The number of benzene rings is 1. The third-order valence-electron chi connectivity index (χ3n) is 3.09. The molecule has 94 valence electrons. The SMILES string of the molecule is CNCC(C)C(=O)N1CCc2ccccc21.Cl. The molecule has 2 rings (SSSR count). The third kappa shape index (κ3) is 2.79. The van der Waals surface area contributed by atoms with Crippen LogP contribution in [0.1, 0.15) is 12.5 Å². The first-order valence-corrected chi connectivity index (χ1v) is 5.78. The molecule has 17 heavy (non-hydrogen) atoms. The number of hydrogen-bond acceptors (Lipinski definition) is 2. The number of halogens is 1. The molecule has 0 fully saturated rings. The smallest absolute Gasteiger partial charge is 0.231 e. The van der Waals surface area contributed by atoms with Crippen LogP contribution in [-0.2, 0) is 11.2 Å². The van der Waals surface area contributed by atoms with E-state index in [1.807, 2.05) is 37.1 Å². The van der Waals surface area contributed by atoms with Gasteiger partial charge in [-0.2, -0.15) is 0 Å². The van der Waals surface area contributed by atoms with E-state index in [1.165, 1.54) is 5.56 Å². The Kier molecular flexibility index (Phi) is 4.97. The lowest BCUT2D eigenvalue weighted by Gasteiger charge is -2.21. The zero-order chi connectivity index (χ0) is 11.5. The van der Waals surface area contributed by atoms with Gasteiger partial charge in [0.15, 0.2) is 0 Å². The molecule has 0 aromatic heterocycles. The van der Waals surface area contributed by atoms with Crippen molar-refractivity contribution in [3.63, 3.8) is 0 Å². The van der Waals surface area contributed by atoms with E-state index < -0.39 is 0 Å². The van der Waals surface area contributed by atoms with E-state index in [0.29, 0.717) is 0 Å². The topological polar surface area (TPSA) is 32.3 Å². The Hall–Kier alpha value is -1.06. The highest BCUT2D eigenvalue weighted by atomic mass is 35.5. The van der Waals surface area contributed by atoms with Crippen molar-refractivity contribution in [2.75, 3.05) is 25.0 Å². The molecule has 1 amide bonds. The quantitative estimate of drug-likeness (QED) is 0.893. The summed E-state index contributed by atoms with van der Waals surface area (Å²) in [5, 5.41) is 3.05. The molecular weight excluding hydrogens is 236 g/mol. The van der Waals surface area contributed by atoms with Crippen molar-refractivity contribution in [1.29, 1.82) is 0 Å². The highest BCUT2D eigenvalue weighted by Crippen LogP contribution is 2.28.